The summed E-state index contributed by atoms with van der Waals surface area (Å²) < 4.78 is 11.5. The molecule has 3 rings (SSSR count). The van der Waals surface area contributed by atoms with Crippen LogP contribution >= 0.6 is 11.3 Å². The highest BCUT2D eigenvalue weighted by Gasteiger charge is 2.29. The maximum absolute atomic E-state index is 12.9. The molecule has 2 aromatic rings. The zero-order valence-electron chi connectivity index (χ0n) is 16.0. The van der Waals surface area contributed by atoms with Crippen LogP contribution in [0.5, 0.6) is 5.75 Å². The molecule has 7 heteroatoms. The van der Waals surface area contributed by atoms with Crippen LogP contribution in [0.3, 0.4) is 0 Å². The van der Waals surface area contributed by atoms with Crippen molar-refractivity contribution in [3.63, 3.8) is 0 Å². The van der Waals surface area contributed by atoms with E-state index in [4.69, 9.17) is 20.9 Å². The van der Waals surface area contributed by atoms with E-state index in [0.717, 1.165) is 16.0 Å². The lowest BCUT2D eigenvalue weighted by Crippen LogP contribution is -2.34. The average Bonchev–Trinajstić information content (AvgIpc) is 3.07. The van der Waals surface area contributed by atoms with E-state index in [1.807, 2.05) is 45.2 Å². The first-order chi connectivity index (χ1) is 12.7. The van der Waals surface area contributed by atoms with Gasteiger partial charge in [-0.25, -0.2) is 9.79 Å². The molecule has 0 bridgehead atoms. The topological polar surface area (TPSA) is 99.9 Å². The fourth-order valence-corrected chi connectivity index (χ4v) is 3.67. The summed E-state index contributed by atoms with van der Waals surface area (Å²) in [4.78, 5) is 18.6. The quantitative estimate of drug-likeness (QED) is 0.782. The second kappa shape index (κ2) is 7.32. The number of esters is 1. The fraction of sp³-hybridized carbons (Fsp3) is 0.400. The number of ether oxygens (including phenoxy) is 2. The van der Waals surface area contributed by atoms with Crippen molar-refractivity contribution in [2.75, 3.05) is 0 Å². The van der Waals surface area contributed by atoms with Crippen molar-refractivity contribution in [1.29, 1.82) is 0 Å². The number of nitrogens with two attached hydrogens (primary N) is 2. The summed E-state index contributed by atoms with van der Waals surface area (Å²) in [6, 6.07) is 5.71. The summed E-state index contributed by atoms with van der Waals surface area (Å²) in [6.07, 6.45) is 0.203. The highest BCUT2D eigenvalue weighted by molar-refractivity contribution is 7.09. The number of aliphatic imine (C=N–C) groups is 1. The van der Waals surface area contributed by atoms with Gasteiger partial charge in [0.1, 0.15) is 22.9 Å². The Morgan fingerprint density at radius 2 is 2.11 bits per heavy atom. The molecule has 1 unspecified atom stereocenters. The van der Waals surface area contributed by atoms with Gasteiger partial charge in [0, 0.05) is 17.8 Å². The molecule has 1 aromatic heterocycles. The predicted molar refractivity (Wildman–Crippen MR) is 108 cm³/mol. The van der Waals surface area contributed by atoms with Crippen LogP contribution in [0.1, 0.15) is 54.1 Å². The van der Waals surface area contributed by atoms with Crippen LogP contribution < -0.4 is 16.2 Å². The van der Waals surface area contributed by atoms with Gasteiger partial charge in [-0.15, -0.1) is 11.3 Å². The van der Waals surface area contributed by atoms with E-state index in [9.17, 15) is 4.79 Å². The Kier molecular flexibility index (Phi) is 5.26. The lowest BCUT2D eigenvalue weighted by atomic mass is 9.94. The van der Waals surface area contributed by atoms with Gasteiger partial charge >= 0.3 is 5.97 Å². The van der Waals surface area contributed by atoms with Crippen LogP contribution in [0.2, 0.25) is 0 Å². The zero-order chi connectivity index (χ0) is 19.8. The molecule has 0 amide bonds. The minimum absolute atomic E-state index is 0.216. The van der Waals surface area contributed by atoms with Crippen LogP contribution in [0.15, 0.2) is 28.6 Å². The van der Waals surface area contributed by atoms with Crippen molar-refractivity contribution in [3.8, 4) is 5.75 Å². The van der Waals surface area contributed by atoms with Crippen molar-refractivity contribution < 1.29 is 14.3 Å². The third-order valence-corrected chi connectivity index (χ3v) is 5.08. The number of hydrogen-bond donors (Lipinski definition) is 2. The van der Waals surface area contributed by atoms with E-state index in [-0.39, 0.29) is 12.6 Å². The fourth-order valence-electron chi connectivity index (χ4n) is 2.95. The van der Waals surface area contributed by atoms with Gasteiger partial charge in [-0.05, 0) is 56.3 Å². The Bertz CT molecular complexity index is 883. The Balaban J connectivity index is 2.18. The lowest BCUT2D eigenvalue weighted by Gasteiger charge is -2.26. The maximum atomic E-state index is 12.9. The Morgan fingerprint density at radius 1 is 1.37 bits per heavy atom. The first-order valence-electron chi connectivity index (χ1n) is 8.85. The second-order valence-electron chi connectivity index (χ2n) is 7.49. The van der Waals surface area contributed by atoms with Gasteiger partial charge in [0.05, 0.1) is 5.56 Å². The molecule has 0 fully saturated rings. The minimum atomic E-state index is -0.604. The third-order valence-electron chi connectivity index (χ3n) is 4.20. The molecule has 1 aliphatic heterocycles. The van der Waals surface area contributed by atoms with E-state index in [1.165, 1.54) is 0 Å². The number of carbonyl (C=O) groups excluding carboxylic acids is 1. The molecule has 27 heavy (non-hydrogen) atoms. The molecule has 0 aliphatic carbocycles. The van der Waals surface area contributed by atoms with E-state index >= 15 is 0 Å². The normalized spacial score (nSPS) is 16.3. The van der Waals surface area contributed by atoms with Crippen molar-refractivity contribution in [2.45, 2.75) is 52.4 Å². The average molecular weight is 388 g/mol. The van der Waals surface area contributed by atoms with Crippen molar-refractivity contribution in [1.82, 2.24) is 0 Å². The summed E-state index contributed by atoms with van der Waals surface area (Å²) in [5, 5.41) is 2.00. The van der Waals surface area contributed by atoms with Gasteiger partial charge in [-0.3, -0.25) is 0 Å². The summed E-state index contributed by atoms with van der Waals surface area (Å²) >= 11 is 1.62. The van der Waals surface area contributed by atoms with Gasteiger partial charge in [0.15, 0.2) is 6.10 Å². The maximum Gasteiger partial charge on any atom is 0.339 e. The molecule has 2 heterocycles. The SMILES string of the molecule is CC1Oc2cc(C(=O)OC(C)(C)C)c(Cc3cccs3)c(CN)c2N=C1N. The first-order valence-corrected chi connectivity index (χ1v) is 9.73. The molecule has 0 radical (unpaired) electrons. The Morgan fingerprint density at radius 3 is 2.70 bits per heavy atom. The summed E-state index contributed by atoms with van der Waals surface area (Å²) in [5.41, 5.74) is 14.1. The smallest absolute Gasteiger partial charge is 0.339 e. The van der Waals surface area contributed by atoms with Crippen LogP contribution in [0.4, 0.5) is 5.69 Å². The molecule has 1 atom stereocenters. The Hall–Kier alpha value is -2.38. The number of rotatable bonds is 4. The highest BCUT2D eigenvalue weighted by Crippen LogP contribution is 2.40. The zero-order valence-corrected chi connectivity index (χ0v) is 16.9. The lowest BCUT2D eigenvalue weighted by molar-refractivity contribution is 0.00679. The molecule has 0 saturated heterocycles. The molecule has 4 N–H and O–H groups in total. The standard InChI is InChI=1S/C20H25N3O3S/c1-11-18(22)23-17-15(10-21)13(8-12-6-5-7-27-12)14(9-16(17)25-11)19(24)26-20(2,3)4/h5-7,9,11H,8,10,21H2,1-4H3,(H2,22,23). The number of benzene rings is 1. The largest absolute Gasteiger partial charge is 0.481 e. The summed E-state index contributed by atoms with van der Waals surface area (Å²) in [7, 11) is 0. The van der Waals surface area contributed by atoms with Gasteiger partial charge in [0.2, 0.25) is 0 Å². The number of thiophene rings is 1. The number of nitrogens with zero attached hydrogens (tertiary/aromatic N) is 1. The van der Waals surface area contributed by atoms with Gasteiger partial charge in [0.25, 0.3) is 0 Å². The molecule has 1 aromatic carbocycles. The third kappa shape index (κ3) is 4.14. The molecule has 0 spiro atoms. The van der Waals surface area contributed by atoms with E-state index in [0.29, 0.717) is 29.3 Å². The number of hydrogen-bond acceptors (Lipinski definition) is 7. The highest BCUT2D eigenvalue weighted by atomic mass is 32.1. The van der Waals surface area contributed by atoms with Gasteiger partial charge in [-0.2, -0.15) is 0 Å². The Labute approximate surface area is 163 Å². The van der Waals surface area contributed by atoms with Crippen molar-refractivity contribution >= 4 is 28.8 Å². The monoisotopic (exact) mass is 387 g/mol. The summed E-state index contributed by atoms with van der Waals surface area (Å²) in [6.45, 7) is 7.56. The van der Waals surface area contributed by atoms with Crippen LogP contribution in [0, 0.1) is 0 Å². The van der Waals surface area contributed by atoms with Crippen LogP contribution in [-0.4, -0.2) is 23.5 Å². The van der Waals surface area contributed by atoms with Gasteiger partial charge < -0.3 is 20.9 Å². The molecule has 144 valence electrons. The first kappa shape index (κ1) is 19.4. The second-order valence-corrected chi connectivity index (χ2v) is 8.52. The number of amidine groups is 1. The molecule has 0 saturated carbocycles. The van der Waals surface area contributed by atoms with E-state index in [2.05, 4.69) is 4.99 Å². The van der Waals surface area contributed by atoms with E-state index in [1.54, 1.807) is 17.4 Å². The van der Waals surface area contributed by atoms with Gasteiger partial charge in [-0.1, -0.05) is 6.07 Å². The predicted octanol–water partition coefficient (Wildman–Crippen LogP) is 3.52. The van der Waals surface area contributed by atoms with Crippen molar-refractivity contribution in [3.05, 3.63) is 45.1 Å². The van der Waals surface area contributed by atoms with E-state index < -0.39 is 11.6 Å². The number of carbonyl (C=O) groups is 1. The van der Waals surface area contributed by atoms with Crippen LogP contribution in [0.25, 0.3) is 0 Å². The van der Waals surface area contributed by atoms with Crippen molar-refractivity contribution in [2.24, 2.45) is 16.5 Å². The summed E-state index contributed by atoms with van der Waals surface area (Å²) in [5.74, 6) is 0.502. The molecular weight excluding hydrogens is 362 g/mol. The molecule has 6 nitrogen and oxygen atoms in total. The minimum Gasteiger partial charge on any atom is -0.481 e. The molecule has 1 aliphatic rings. The van der Waals surface area contributed by atoms with Crippen LogP contribution in [-0.2, 0) is 17.7 Å². The molecular formula is C20H25N3O3S. The number of fused-ring (bicyclic) bond motifs is 1.